The summed E-state index contributed by atoms with van der Waals surface area (Å²) in [5.41, 5.74) is 0. The molecule has 0 aliphatic carbocycles. The van der Waals surface area contributed by atoms with Gasteiger partial charge in [-0.05, 0) is 31.0 Å². The van der Waals surface area contributed by atoms with E-state index < -0.39 is 8.32 Å². The number of aliphatic hydroxyl groups excluding tert-OH is 1. The number of hydrogen-bond donors (Lipinski definition) is 1. The number of alkyl halides is 1. The fraction of sp³-hybridized carbons (Fsp3) is 0.846. The first kappa shape index (κ1) is 17.6. The average molecular weight is 370 g/mol. The molecule has 0 heterocycles. The third kappa shape index (κ3) is 5.85. The Hall–Kier alpha value is 0.607. The third-order valence-electron chi connectivity index (χ3n) is 3.46. The number of hydrogen-bond acceptors (Lipinski definition) is 2. The molecule has 0 rings (SSSR count). The molecule has 17 heavy (non-hydrogen) atoms. The van der Waals surface area contributed by atoms with E-state index >= 15 is 0 Å². The van der Waals surface area contributed by atoms with Crippen LogP contribution < -0.4 is 0 Å². The number of halogens is 1. The monoisotopic (exact) mass is 370 g/mol. The van der Waals surface area contributed by atoms with Crippen molar-refractivity contribution in [1.29, 1.82) is 0 Å². The average Bonchev–Trinajstić information content (AvgIpc) is 2.15. The Kier molecular flexibility index (Phi) is 7.52. The maximum atomic E-state index is 9.04. The predicted octanol–water partition coefficient (Wildman–Crippen LogP) is 4.14. The Balaban J connectivity index is 4.69. The Morgan fingerprint density at radius 2 is 1.94 bits per heavy atom. The van der Waals surface area contributed by atoms with E-state index in [2.05, 4.69) is 63.0 Å². The molecule has 0 amide bonds. The van der Waals surface area contributed by atoms with E-state index in [4.69, 9.17) is 9.53 Å². The molecule has 2 nitrogen and oxygen atoms in total. The standard InChI is InChI=1S/C13H27IO2Si/c1-7-8-12(11(14)9-10-15)16-17(5,6)13(2,3)4/h7,11-12,15H,1,8-10H2,2-6H3/t11-,12+/m0/s1. The van der Waals surface area contributed by atoms with Crippen LogP contribution in [0.3, 0.4) is 0 Å². The molecule has 0 aliphatic heterocycles. The molecule has 0 fully saturated rings. The van der Waals surface area contributed by atoms with Crippen molar-refractivity contribution >= 4 is 30.9 Å². The van der Waals surface area contributed by atoms with Gasteiger partial charge in [0.15, 0.2) is 8.32 Å². The molecule has 0 unspecified atom stereocenters. The lowest BCUT2D eigenvalue weighted by molar-refractivity contribution is 0.169. The first-order valence-electron chi connectivity index (χ1n) is 6.19. The predicted molar refractivity (Wildman–Crippen MR) is 86.4 cm³/mol. The van der Waals surface area contributed by atoms with E-state index in [9.17, 15) is 0 Å². The van der Waals surface area contributed by atoms with Crippen molar-refractivity contribution in [2.24, 2.45) is 0 Å². The van der Waals surface area contributed by atoms with Crippen molar-refractivity contribution in [3.05, 3.63) is 12.7 Å². The fourth-order valence-electron chi connectivity index (χ4n) is 1.30. The molecule has 0 aromatic rings. The summed E-state index contributed by atoms with van der Waals surface area (Å²) in [4.78, 5) is 0. The first-order chi connectivity index (χ1) is 7.65. The minimum Gasteiger partial charge on any atom is -0.413 e. The molecular formula is C13H27IO2Si. The Morgan fingerprint density at radius 3 is 2.29 bits per heavy atom. The van der Waals surface area contributed by atoms with Crippen molar-refractivity contribution in [2.45, 2.75) is 61.8 Å². The van der Waals surface area contributed by atoms with Crippen molar-refractivity contribution in [3.8, 4) is 0 Å². The first-order valence-corrected chi connectivity index (χ1v) is 10.3. The Labute approximate surface area is 121 Å². The second-order valence-electron chi connectivity index (χ2n) is 5.97. The van der Waals surface area contributed by atoms with Gasteiger partial charge in [-0.15, -0.1) is 6.58 Å². The van der Waals surface area contributed by atoms with Gasteiger partial charge in [0.25, 0.3) is 0 Å². The van der Waals surface area contributed by atoms with Gasteiger partial charge in [0.05, 0.1) is 6.10 Å². The molecule has 4 heteroatoms. The zero-order valence-electron chi connectivity index (χ0n) is 11.8. The molecule has 2 atom stereocenters. The minimum atomic E-state index is -1.73. The number of aliphatic hydroxyl groups is 1. The van der Waals surface area contributed by atoms with Crippen molar-refractivity contribution < 1.29 is 9.53 Å². The minimum absolute atomic E-state index is 0.182. The van der Waals surface area contributed by atoms with Crippen LogP contribution in [0.5, 0.6) is 0 Å². The van der Waals surface area contributed by atoms with E-state index in [-0.39, 0.29) is 17.7 Å². The van der Waals surface area contributed by atoms with Crippen molar-refractivity contribution in [2.75, 3.05) is 6.61 Å². The third-order valence-corrected chi connectivity index (χ3v) is 9.39. The van der Waals surface area contributed by atoms with Crippen LogP contribution in [0.25, 0.3) is 0 Å². The second kappa shape index (κ2) is 7.26. The van der Waals surface area contributed by atoms with Gasteiger partial charge in [0.2, 0.25) is 0 Å². The van der Waals surface area contributed by atoms with Crippen LogP contribution in [0.2, 0.25) is 18.1 Å². The fourth-order valence-corrected chi connectivity index (χ4v) is 3.67. The van der Waals surface area contributed by atoms with E-state index in [1.807, 2.05) is 6.08 Å². The quantitative estimate of drug-likeness (QED) is 0.316. The van der Waals surface area contributed by atoms with E-state index in [0.717, 1.165) is 12.8 Å². The Morgan fingerprint density at radius 1 is 1.41 bits per heavy atom. The molecule has 0 spiro atoms. The van der Waals surface area contributed by atoms with Gasteiger partial charge < -0.3 is 9.53 Å². The highest BCUT2D eigenvalue weighted by atomic mass is 127. The summed E-state index contributed by atoms with van der Waals surface area (Å²) < 4.78 is 6.76. The molecular weight excluding hydrogens is 343 g/mol. The molecule has 1 N–H and O–H groups in total. The SMILES string of the molecule is C=CC[C@@H](O[Si](C)(C)C(C)(C)C)[C@@H](I)CCO. The normalized spacial score (nSPS) is 16.6. The van der Waals surface area contributed by atoms with Gasteiger partial charge in [-0.2, -0.15) is 0 Å². The smallest absolute Gasteiger partial charge is 0.192 e. The lowest BCUT2D eigenvalue weighted by atomic mass is 10.1. The van der Waals surface area contributed by atoms with Crippen LogP contribution >= 0.6 is 22.6 Å². The summed E-state index contributed by atoms with van der Waals surface area (Å²) in [7, 11) is -1.73. The highest BCUT2D eigenvalue weighted by molar-refractivity contribution is 14.1. The van der Waals surface area contributed by atoms with Crippen LogP contribution in [0.15, 0.2) is 12.7 Å². The van der Waals surface area contributed by atoms with E-state index in [1.54, 1.807) is 0 Å². The van der Waals surface area contributed by atoms with Gasteiger partial charge in [0.1, 0.15) is 0 Å². The summed E-state index contributed by atoms with van der Waals surface area (Å²) in [6.45, 7) is 15.3. The van der Waals surface area contributed by atoms with Gasteiger partial charge in [-0.3, -0.25) is 0 Å². The molecule has 0 aromatic carbocycles. The summed E-state index contributed by atoms with van der Waals surface area (Å²) in [6.07, 6.45) is 3.75. The van der Waals surface area contributed by atoms with E-state index in [1.165, 1.54) is 0 Å². The van der Waals surface area contributed by atoms with Gasteiger partial charge >= 0.3 is 0 Å². The van der Waals surface area contributed by atoms with Crippen molar-refractivity contribution in [3.63, 3.8) is 0 Å². The largest absolute Gasteiger partial charge is 0.413 e. The summed E-state index contributed by atoms with van der Waals surface area (Å²) in [6, 6.07) is 0. The summed E-state index contributed by atoms with van der Waals surface area (Å²) in [5, 5.41) is 9.26. The van der Waals surface area contributed by atoms with Crippen LogP contribution in [-0.4, -0.2) is 30.1 Å². The van der Waals surface area contributed by atoms with Crippen LogP contribution in [0.4, 0.5) is 0 Å². The zero-order valence-corrected chi connectivity index (χ0v) is 15.0. The maximum absolute atomic E-state index is 9.04. The maximum Gasteiger partial charge on any atom is 0.192 e. The van der Waals surface area contributed by atoms with Crippen molar-refractivity contribution in [1.82, 2.24) is 0 Å². The molecule has 0 aliphatic rings. The molecule has 0 bridgehead atoms. The summed E-state index contributed by atoms with van der Waals surface area (Å²) in [5.74, 6) is 0. The van der Waals surface area contributed by atoms with Crippen LogP contribution in [0, 0.1) is 0 Å². The molecule has 0 saturated carbocycles. The van der Waals surface area contributed by atoms with E-state index in [0.29, 0.717) is 3.92 Å². The van der Waals surface area contributed by atoms with Gasteiger partial charge in [-0.25, -0.2) is 0 Å². The summed E-state index contributed by atoms with van der Waals surface area (Å²) >= 11 is 2.38. The van der Waals surface area contributed by atoms with Crippen LogP contribution in [-0.2, 0) is 4.43 Å². The lowest BCUT2D eigenvalue weighted by Crippen LogP contribution is -2.46. The number of rotatable bonds is 7. The lowest BCUT2D eigenvalue weighted by Gasteiger charge is -2.40. The highest BCUT2D eigenvalue weighted by Crippen LogP contribution is 2.38. The van der Waals surface area contributed by atoms with Crippen LogP contribution in [0.1, 0.15) is 33.6 Å². The molecule has 102 valence electrons. The molecule has 0 radical (unpaired) electrons. The van der Waals surface area contributed by atoms with Gasteiger partial charge in [-0.1, -0.05) is 49.4 Å². The topological polar surface area (TPSA) is 29.5 Å². The van der Waals surface area contributed by atoms with Gasteiger partial charge in [0, 0.05) is 10.5 Å². The molecule has 0 saturated heterocycles. The Bertz CT molecular complexity index is 236. The second-order valence-corrected chi connectivity index (χ2v) is 12.3. The molecule has 0 aromatic heterocycles. The highest BCUT2D eigenvalue weighted by Gasteiger charge is 2.39. The zero-order chi connectivity index (χ0) is 13.7.